The van der Waals surface area contributed by atoms with E-state index in [1.54, 1.807) is 38.1 Å². The SMILES string of the molecule is C=CCNC(=O)c1cnc(NC2=CC=C(C3CCC(C(=O)O)CC3)C=CC2)nc1Nc1cccc(C(C)(C)O)n1. The zero-order valence-corrected chi connectivity index (χ0v) is 22.9. The van der Waals surface area contributed by atoms with Crippen molar-refractivity contribution in [3.05, 3.63) is 83.9 Å². The van der Waals surface area contributed by atoms with E-state index >= 15 is 0 Å². The summed E-state index contributed by atoms with van der Waals surface area (Å²) in [6.07, 6.45) is 15.0. The second kappa shape index (κ2) is 12.7. The Labute approximate surface area is 234 Å². The molecule has 1 saturated carbocycles. The van der Waals surface area contributed by atoms with Gasteiger partial charge in [0.2, 0.25) is 5.95 Å². The fourth-order valence-electron chi connectivity index (χ4n) is 4.75. The minimum absolute atomic E-state index is 0.233. The highest BCUT2D eigenvalue weighted by Gasteiger charge is 2.27. The number of nitrogens with one attached hydrogen (secondary N) is 3. The smallest absolute Gasteiger partial charge is 0.306 e. The predicted molar refractivity (Wildman–Crippen MR) is 154 cm³/mol. The first-order valence-corrected chi connectivity index (χ1v) is 13.4. The lowest BCUT2D eigenvalue weighted by atomic mass is 9.78. The first-order chi connectivity index (χ1) is 19.1. The fourth-order valence-corrected chi connectivity index (χ4v) is 4.75. The van der Waals surface area contributed by atoms with Gasteiger partial charge in [-0.2, -0.15) is 4.98 Å². The van der Waals surface area contributed by atoms with Crippen LogP contribution in [0.4, 0.5) is 17.6 Å². The van der Waals surface area contributed by atoms with Gasteiger partial charge in [0, 0.05) is 24.9 Å². The van der Waals surface area contributed by atoms with E-state index in [4.69, 9.17) is 0 Å². The molecule has 10 heteroatoms. The number of carboxylic acid groups (broad SMARTS) is 1. The number of amides is 1. The van der Waals surface area contributed by atoms with Crippen LogP contribution in [0.2, 0.25) is 0 Å². The van der Waals surface area contributed by atoms with Crippen LogP contribution in [-0.4, -0.2) is 43.6 Å². The molecule has 1 fully saturated rings. The molecule has 0 unspecified atom stereocenters. The minimum atomic E-state index is -1.14. The third kappa shape index (κ3) is 7.41. The number of pyridine rings is 1. The average molecular weight is 545 g/mol. The van der Waals surface area contributed by atoms with Crippen molar-refractivity contribution in [2.24, 2.45) is 11.8 Å². The Balaban J connectivity index is 1.55. The Morgan fingerprint density at radius 3 is 2.60 bits per heavy atom. The van der Waals surface area contributed by atoms with Gasteiger partial charge < -0.3 is 26.2 Å². The monoisotopic (exact) mass is 544 g/mol. The van der Waals surface area contributed by atoms with Gasteiger partial charge in [0.05, 0.1) is 11.6 Å². The summed E-state index contributed by atoms with van der Waals surface area (Å²) < 4.78 is 0. The number of rotatable bonds is 10. The van der Waals surface area contributed by atoms with Crippen LogP contribution in [0.25, 0.3) is 0 Å². The number of allylic oxidation sites excluding steroid dienone is 5. The summed E-state index contributed by atoms with van der Waals surface area (Å²) in [6, 6.07) is 5.22. The Bertz CT molecular complexity index is 1350. The summed E-state index contributed by atoms with van der Waals surface area (Å²) in [7, 11) is 0. The molecule has 2 heterocycles. The summed E-state index contributed by atoms with van der Waals surface area (Å²) >= 11 is 0. The Morgan fingerprint density at radius 1 is 1.12 bits per heavy atom. The van der Waals surface area contributed by atoms with Crippen LogP contribution < -0.4 is 16.0 Å². The quantitative estimate of drug-likeness (QED) is 0.265. The Morgan fingerprint density at radius 2 is 1.90 bits per heavy atom. The number of aromatic nitrogens is 3. The number of hydrogen-bond donors (Lipinski definition) is 5. The van der Waals surface area contributed by atoms with Gasteiger partial charge in [0.15, 0.2) is 0 Å². The van der Waals surface area contributed by atoms with Crippen molar-refractivity contribution in [2.75, 3.05) is 17.2 Å². The maximum Gasteiger partial charge on any atom is 0.306 e. The van der Waals surface area contributed by atoms with E-state index in [1.807, 2.05) is 6.08 Å². The van der Waals surface area contributed by atoms with E-state index in [-0.39, 0.29) is 29.8 Å². The molecular weight excluding hydrogens is 508 g/mol. The second-order valence-corrected chi connectivity index (χ2v) is 10.5. The minimum Gasteiger partial charge on any atom is -0.481 e. The lowest BCUT2D eigenvalue weighted by Gasteiger charge is -2.26. The molecule has 0 saturated heterocycles. The second-order valence-electron chi connectivity index (χ2n) is 10.5. The van der Waals surface area contributed by atoms with Gasteiger partial charge in [-0.05, 0) is 69.2 Å². The van der Waals surface area contributed by atoms with Gasteiger partial charge >= 0.3 is 5.97 Å². The van der Waals surface area contributed by atoms with Crippen molar-refractivity contribution < 1.29 is 19.8 Å². The number of carbonyl (C=O) groups is 2. The van der Waals surface area contributed by atoms with E-state index in [2.05, 4.69) is 55.7 Å². The molecule has 2 aliphatic rings. The molecule has 210 valence electrons. The van der Waals surface area contributed by atoms with Crippen molar-refractivity contribution in [1.29, 1.82) is 0 Å². The van der Waals surface area contributed by atoms with E-state index < -0.39 is 11.6 Å². The number of nitrogens with zero attached hydrogens (tertiary/aromatic N) is 3. The highest BCUT2D eigenvalue weighted by molar-refractivity contribution is 5.99. The van der Waals surface area contributed by atoms with E-state index in [9.17, 15) is 19.8 Å². The standard InChI is InChI=1S/C30H36N6O4/c1-4-17-31-27(37)23-18-32-29(36-26(23)35-25-10-6-9-24(34-25)30(2,3)40)33-22-8-5-7-19(15-16-22)20-11-13-21(14-12-20)28(38)39/h4-7,9-10,15-16,18,20-21,40H,1,8,11-14,17H2,2-3H3,(H,31,37)(H,38,39)(H2,32,33,34,35,36). The molecule has 0 bridgehead atoms. The van der Waals surface area contributed by atoms with Crippen LogP contribution in [0.3, 0.4) is 0 Å². The predicted octanol–water partition coefficient (Wildman–Crippen LogP) is 4.83. The number of hydrogen-bond acceptors (Lipinski definition) is 8. The maximum atomic E-state index is 12.8. The van der Waals surface area contributed by atoms with Gasteiger partial charge in [-0.15, -0.1) is 6.58 Å². The number of aliphatic carboxylic acids is 1. The lowest BCUT2D eigenvalue weighted by molar-refractivity contribution is -0.143. The molecular formula is C30H36N6O4. The van der Waals surface area contributed by atoms with Crippen LogP contribution in [-0.2, 0) is 10.4 Å². The third-order valence-electron chi connectivity index (χ3n) is 7.01. The van der Waals surface area contributed by atoms with Crippen LogP contribution >= 0.6 is 0 Å². The highest BCUT2D eigenvalue weighted by Crippen LogP contribution is 2.35. The normalized spacial score (nSPS) is 19.1. The number of carboxylic acids is 1. The van der Waals surface area contributed by atoms with Gasteiger partial charge in [0.25, 0.3) is 5.91 Å². The molecule has 4 rings (SSSR count). The molecule has 1 amide bonds. The molecule has 0 spiro atoms. The van der Waals surface area contributed by atoms with Crippen LogP contribution in [0, 0.1) is 11.8 Å². The van der Waals surface area contributed by atoms with Crippen molar-refractivity contribution in [3.63, 3.8) is 0 Å². The number of anilines is 3. The zero-order valence-electron chi connectivity index (χ0n) is 22.9. The van der Waals surface area contributed by atoms with Crippen molar-refractivity contribution >= 4 is 29.5 Å². The summed E-state index contributed by atoms with van der Waals surface area (Å²) in [5, 5.41) is 28.8. The summed E-state index contributed by atoms with van der Waals surface area (Å²) in [5.74, 6) is 0.0202. The highest BCUT2D eigenvalue weighted by atomic mass is 16.4. The summed E-state index contributed by atoms with van der Waals surface area (Å²) in [6.45, 7) is 7.22. The number of carbonyl (C=O) groups excluding carboxylic acids is 1. The van der Waals surface area contributed by atoms with Crippen LogP contribution in [0.5, 0.6) is 0 Å². The first-order valence-electron chi connectivity index (χ1n) is 13.4. The largest absolute Gasteiger partial charge is 0.481 e. The number of aliphatic hydroxyl groups is 1. The van der Waals surface area contributed by atoms with E-state index in [1.165, 1.54) is 11.8 Å². The molecule has 2 aliphatic carbocycles. The van der Waals surface area contributed by atoms with Crippen molar-refractivity contribution in [2.45, 2.75) is 51.6 Å². The third-order valence-corrected chi connectivity index (χ3v) is 7.01. The molecule has 2 aromatic rings. The van der Waals surface area contributed by atoms with Crippen LogP contribution in [0.15, 0.2) is 72.6 Å². The Hall–Kier alpha value is -4.31. The molecule has 2 aromatic heterocycles. The van der Waals surface area contributed by atoms with Gasteiger partial charge in [0.1, 0.15) is 22.8 Å². The van der Waals surface area contributed by atoms with Gasteiger partial charge in [-0.3, -0.25) is 9.59 Å². The zero-order chi connectivity index (χ0) is 28.7. The maximum absolute atomic E-state index is 12.8. The molecule has 40 heavy (non-hydrogen) atoms. The molecule has 0 radical (unpaired) electrons. The van der Waals surface area contributed by atoms with Crippen molar-refractivity contribution in [1.82, 2.24) is 20.3 Å². The first kappa shape index (κ1) is 28.7. The molecule has 0 aliphatic heterocycles. The fraction of sp³-hybridized carbons (Fsp3) is 0.367. The summed E-state index contributed by atoms with van der Waals surface area (Å²) in [5.41, 5.74) is 1.63. The average Bonchev–Trinajstić information content (AvgIpc) is 3.17. The summed E-state index contributed by atoms with van der Waals surface area (Å²) in [4.78, 5) is 37.5. The topological polar surface area (TPSA) is 149 Å². The Kier molecular flexibility index (Phi) is 9.11. The van der Waals surface area contributed by atoms with E-state index in [0.29, 0.717) is 42.6 Å². The molecule has 0 aromatic carbocycles. The molecule has 5 N–H and O–H groups in total. The molecule has 0 atom stereocenters. The van der Waals surface area contributed by atoms with Crippen LogP contribution in [0.1, 0.15) is 62.0 Å². The van der Waals surface area contributed by atoms with Gasteiger partial charge in [-0.25, -0.2) is 9.97 Å². The van der Waals surface area contributed by atoms with Crippen molar-refractivity contribution in [3.8, 4) is 0 Å². The van der Waals surface area contributed by atoms with E-state index in [0.717, 1.165) is 18.5 Å². The molecule has 10 nitrogen and oxygen atoms in total. The van der Waals surface area contributed by atoms with Gasteiger partial charge in [-0.1, -0.05) is 30.4 Å². The lowest BCUT2D eigenvalue weighted by Crippen LogP contribution is -2.25.